The maximum Gasteiger partial charge on any atom is 0.278 e. The van der Waals surface area contributed by atoms with Crippen LogP contribution in [0.4, 0.5) is 4.39 Å². The number of benzene rings is 1. The molecular formula is C18H20FN5O3. The predicted molar refractivity (Wildman–Crippen MR) is 97.2 cm³/mol. The highest BCUT2D eigenvalue weighted by Gasteiger charge is 2.14. The highest BCUT2D eigenvalue weighted by molar-refractivity contribution is 5.80. The Morgan fingerprint density at radius 2 is 2.15 bits per heavy atom. The predicted octanol–water partition coefficient (Wildman–Crippen LogP) is 0.945. The third kappa shape index (κ3) is 3.81. The van der Waals surface area contributed by atoms with Crippen LogP contribution in [0.15, 0.2) is 29.2 Å². The van der Waals surface area contributed by atoms with Gasteiger partial charge in [0.25, 0.3) is 5.56 Å². The van der Waals surface area contributed by atoms with Crippen LogP contribution in [0.5, 0.6) is 5.75 Å². The van der Waals surface area contributed by atoms with Gasteiger partial charge in [0.2, 0.25) is 5.91 Å². The fraction of sp³-hybridized carbons (Fsp3) is 0.333. The lowest BCUT2D eigenvalue weighted by Crippen LogP contribution is -2.34. The largest absolute Gasteiger partial charge is 0.497 e. The van der Waals surface area contributed by atoms with Crippen molar-refractivity contribution in [2.45, 2.75) is 19.9 Å². The van der Waals surface area contributed by atoms with Crippen LogP contribution in [0.2, 0.25) is 0 Å². The summed E-state index contributed by atoms with van der Waals surface area (Å²) < 4.78 is 21.5. The first-order chi connectivity index (χ1) is 12.9. The van der Waals surface area contributed by atoms with E-state index in [4.69, 9.17) is 4.74 Å². The Morgan fingerprint density at radius 1 is 1.37 bits per heavy atom. The molecule has 9 heteroatoms. The van der Waals surface area contributed by atoms with E-state index in [0.717, 1.165) is 4.68 Å². The lowest BCUT2D eigenvalue weighted by Gasteiger charge is -2.08. The maximum absolute atomic E-state index is 13.9. The second kappa shape index (κ2) is 7.56. The van der Waals surface area contributed by atoms with Gasteiger partial charge in [0, 0.05) is 19.7 Å². The summed E-state index contributed by atoms with van der Waals surface area (Å²) in [6.45, 7) is 1.76. The SMILES string of the molecule is COc1ccc(CCNC(=O)Cn2ncc3c(c(C)nn3C)c2=O)c(F)c1. The van der Waals surface area contributed by atoms with Gasteiger partial charge in [-0.1, -0.05) is 6.07 Å². The van der Waals surface area contributed by atoms with Crippen molar-refractivity contribution in [1.29, 1.82) is 0 Å². The highest BCUT2D eigenvalue weighted by atomic mass is 19.1. The quantitative estimate of drug-likeness (QED) is 0.695. The number of aromatic nitrogens is 4. The fourth-order valence-electron chi connectivity index (χ4n) is 2.89. The summed E-state index contributed by atoms with van der Waals surface area (Å²) in [5.41, 5.74) is 1.31. The van der Waals surface area contributed by atoms with E-state index < -0.39 is 0 Å². The zero-order chi connectivity index (χ0) is 19.6. The van der Waals surface area contributed by atoms with Gasteiger partial charge in [-0.05, 0) is 25.0 Å². The van der Waals surface area contributed by atoms with E-state index in [-0.39, 0.29) is 30.4 Å². The summed E-state index contributed by atoms with van der Waals surface area (Å²) in [5.74, 6) is -0.328. The Kier molecular flexibility index (Phi) is 5.20. The van der Waals surface area contributed by atoms with Crippen molar-refractivity contribution in [1.82, 2.24) is 24.9 Å². The molecule has 0 radical (unpaired) electrons. The van der Waals surface area contributed by atoms with E-state index in [1.807, 2.05) is 0 Å². The van der Waals surface area contributed by atoms with Gasteiger partial charge in [0.1, 0.15) is 18.1 Å². The van der Waals surface area contributed by atoms with E-state index in [2.05, 4.69) is 15.5 Å². The monoisotopic (exact) mass is 373 g/mol. The Bertz CT molecular complexity index is 1060. The Hall–Kier alpha value is -3.23. The lowest BCUT2D eigenvalue weighted by atomic mass is 10.1. The third-order valence-corrected chi connectivity index (χ3v) is 4.30. The van der Waals surface area contributed by atoms with E-state index in [0.29, 0.717) is 34.3 Å². The molecule has 2 heterocycles. The summed E-state index contributed by atoms with van der Waals surface area (Å²) in [6, 6.07) is 4.58. The van der Waals surface area contributed by atoms with Gasteiger partial charge in [-0.15, -0.1) is 0 Å². The molecule has 3 rings (SSSR count). The zero-order valence-electron chi connectivity index (χ0n) is 15.3. The van der Waals surface area contributed by atoms with Crippen LogP contribution in [0, 0.1) is 12.7 Å². The van der Waals surface area contributed by atoms with E-state index in [1.54, 1.807) is 30.8 Å². The molecule has 0 aliphatic heterocycles. The summed E-state index contributed by atoms with van der Waals surface area (Å²) in [6.07, 6.45) is 1.83. The van der Waals surface area contributed by atoms with Crippen LogP contribution >= 0.6 is 0 Å². The molecule has 0 unspecified atom stereocenters. The van der Waals surface area contributed by atoms with Crippen molar-refractivity contribution in [3.63, 3.8) is 0 Å². The minimum absolute atomic E-state index is 0.214. The summed E-state index contributed by atoms with van der Waals surface area (Å²) in [5, 5.41) is 11.3. The first-order valence-electron chi connectivity index (χ1n) is 8.39. The van der Waals surface area contributed by atoms with Crippen molar-refractivity contribution < 1.29 is 13.9 Å². The van der Waals surface area contributed by atoms with Gasteiger partial charge >= 0.3 is 0 Å². The molecule has 8 nitrogen and oxygen atoms in total. The molecule has 2 aromatic heterocycles. The van der Waals surface area contributed by atoms with Crippen LogP contribution in [0.25, 0.3) is 10.9 Å². The third-order valence-electron chi connectivity index (χ3n) is 4.30. The van der Waals surface area contributed by atoms with Crippen molar-refractivity contribution in [3.8, 4) is 5.75 Å². The van der Waals surface area contributed by atoms with Crippen LogP contribution in [0.1, 0.15) is 11.3 Å². The van der Waals surface area contributed by atoms with Crippen molar-refractivity contribution in [2.75, 3.05) is 13.7 Å². The number of fused-ring (bicyclic) bond motifs is 1. The molecule has 0 bridgehead atoms. The number of rotatable bonds is 6. The number of halogens is 1. The molecule has 0 aliphatic rings. The van der Waals surface area contributed by atoms with Gasteiger partial charge in [-0.25, -0.2) is 9.07 Å². The number of nitrogens with zero attached hydrogens (tertiary/aromatic N) is 4. The molecule has 0 saturated heterocycles. The van der Waals surface area contributed by atoms with Gasteiger partial charge in [0.15, 0.2) is 0 Å². The van der Waals surface area contributed by atoms with Crippen LogP contribution in [-0.2, 0) is 24.8 Å². The fourth-order valence-corrected chi connectivity index (χ4v) is 2.89. The standard InChI is InChI=1S/C18H20FN5O3/c1-11-17-15(23(2)22-11)9-21-24(18(17)26)10-16(25)20-7-6-12-4-5-13(27-3)8-14(12)19/h4-5,8-9H,6-7,10H2,1-3H3,(H,20,25). The minimum atomic E-state index is -0.390. The first kappa shape index (κ1) is 18.6. The number of carbonyl (C=O) groups excluding carboxylic acids is 1. The minimum Gasteiger partial charge on any atom is -0.497 e. The lowest BCUT2D eigenvalue weighted by molar-refractivity contribution is -0.121. The molecule has 1 amide bonds. The molecule has 3 aromatic rings. The van der Waals surface area contributed by atoms with E-state index in [1.165, 1.54) is 19.4 Å². The maximum atomic E-state index is 13.9. The molecule has 0 atom stereocenters. The average Bonchev–Trinajstić information content (AvgIpc) is 2.93. The van der Waals surface area contributed by atoms with Crippen LogP contribution < -0.4 is 15.6 Å². The molecule has 1 N–H and O–H groups in total. The van der Waals surface area contributed by atoms with Crippen molar-refractivity contribution in [2.24, 2.45) is 7.05 Å². The van der Waals surface area contributed by atoms with Gasteiger partial charge < -0.3 is 10.1 Å². The van der Waals surface area contributed by atoms with Crippen molar-refractivity contribution >= 4 is 16.8 Å². The molecule has 1 aromatic carbocycles. The number of carbonyl (C=O) groups is 1. The highest BCUT2D eigenvalue weighted by Crippen LogP contribution is 2.16. The number of ether oxygens (including phenoxy) is 1. The molecule has 0 aliphatic carbocycles. The van der Waals surface area contributed by atoms with Gasteiger partial charge in [-0.3, -0.25) is 14.3 Å². The number of nitrogens with one attached hydrogen (secondary N) is 1. The summed E-state index contributed by atoms with van der Waals surface area (Å²) in [4.78, 5) is 24.6. The molecule has 27 heavy (non-hydrogen) atoms. The molecule has 0 saturated carbocycles. The Balaban J connectivity index is 1.63. The summed E-state index contributed by atoms with van der Waals surface area (Å²) >= 11 is 0. The van der Waals surface area contributed by atoms with E-state index in [9.17, 15) is 14.0 Å². The number of hydrogen-bond donors (Lipinski definition) is 1. The van der Waals surface area contributed by atoms with Gasteiger partial charge in [-0.2, -0.15) is 10.2 Å². The first-order valence-corrected chi connectivity index (χ1v) is 8.39. The topological polar surface area (TPSA) is 91.0 Å². The Labute approximate surface area is 154 Å². The van der Waals surface area contributed by atoms with Crippen LogP contribution in [0.3, 0.4) is 0 Å². The van der Waals surface area contributed by atoms with Gasteiger partial charge in [0.05, 0.1) is 29.9 Å². The second-order valence-corrected chi connectivity index (χ2v) is 6.13. The number of methoxy groups -OCH3 is 1. The molecule has 0 spiro atoms. The molecular weight excluding hydrogens is 353 g/mol. The number of aryl methyl sites for hydroxylation is 2. The Morgan fingerprint density at radius 3 is 2.85 bits per heavy atom. The smallest absolute Gasteiger partial charge is 0.278 e. The zero-order valence-corrected chi connectivity index (χ0v) is 15.3. The van der Waals surface area contributed by atoms with E-state index >= 15 is 0 Å². The summed E-state index contributed by atoms with van der Waals surface area (Å²) in [7, 11) is 3.20. The molecule has 0 fully saturated rings. The average molecular weight is 373 g/mol. The second-order valence-electron chi connectivity index (χ2n) is 6.13. The number of hydrogen-bond acceptors (Lipinski definition) is 5. The molecule has 142 valence electrons. The normalized spacial score (nSPS) is 11.0. The van der Waals surface area contributed by atoms with Crippen LogP contribution in [-0.4, -0.2) is 39.1 Å². The number of amides is 1. The van der Waals surface area contributed by atoms with Crippen molar-refractivity contribution in [3.05, 3.63) is 51.8 Å².